The van der Waals surface area contributed by atoms with Gasteiger partial charge in [0.25, 0.3) is 5.56 Å². The van der Waals surface area contributed by atoms with Crippen LogP contribution in [0.4, 0.5) is 10.1 Å². The average Bonchev–Trinajstić information content (AvgIpc) is 3.36. The van der Waals surface area contributed by atoms with Gasteiger partial charge in [0.1, 0.15) is 11.2 Å². The molecule has 1 amide bonds. The van der Waals surface area contributed by atoms with Crippen LogP contribution in [-0.2, 0) is 4.79 Å². The number of hydrogen-bond donors (Lipinski definition) is 1. The Kier molecular flexibility index (Phi) is 5.11. The lowest BCUT2D eigenvalue weighted by Crippen LogP contribution is -2.28. The number of fused-ring (bicyclic) bond motifs is 2. The zero-order valence-electron chi connectivity index (χ0n) is 16.0. The van der Waals surface area contributed by atoms with Gasteiger partial charge >= 0.3 is 0 Å². The molecule has 156 valence electrons. The molecule has 5 rings (SSSR count). The second-order valence-electron chi connectivity index (χ2n) is 7.04. The number of para-hydroxylation sites is 1. The molecule has 10 heteroatoms. The molecular weight excluding hydrogens is 485 g/mol. The monoisotopic (exact) mass is 499 g/mol. The van der Waals surface area contributed by atoms with E-state index in [-0.39, 0.29) is 29.6 Å². The summed E-state index contributed by atoms with van der Waals surface area (Å²) in [6.45, 7) is 0. The number of carbonyl (C=O) groups is 1. The van der Waals surface area contributed by atoms with Crippen molar-refractivity contribution in [3.05, 3.63) is 75.4 Å². The first kappa shape index (κ1) is 20.0. The molecule has 0 spiro atoms. The average molecular weight is 500 g/mol. The fourth-order valence-electron chi connectivity index (χ4n) is 3.55. The van der Waals surface area contributed by atoms with Crippen LogP contribution in [0.5, 0.6) is 0 Å². The fourth-order valence-corrected chi connectivity index (χ4v) is 5.01. The quantitative estimate of drug-likeness (QED) is 0.426. The number of amides is 1. The highest BCUT2D eigenvalue weighted by atomic mass is 79.9. The van der Waals surface area contributed by atoms with Crippen LogP contribution in [0.1, 0.15) is 12.5 Å². The first-order valence-corrected chi connectivity index (χ1v) is 11.2. The lowest BCUT2D eigenvalue weighted by molar-refractivity contribution is -0.116. The molecule has 1 unspecified atom stereocenters. The first-order chi connectivity index (χ1) is 15.0. The Bertz CT molecular complexity index is 1370. The summed E-state index contributed by atoms with van der Waals surface area (Å²) in [6.07, 6.45) is 1.54. The van der Waals surface area contributed by atoms with Crippen molar-refractivity contribution in [1.82, 2.24) is 19.3 Å². The molecule has 0 saturated carbocycles. The molecule has 0 fully saturated rings. The summed E-state index contributed by atoms with van der Waals surface area (Å²) in [7, 11) is 0. The lowest BCUT2D eigenvalue weighted by atomic mass is 10.2. The number of nitrogens with one attached hydrogen (secondary N) is 1. The van der Waals surface area contributed by atoms with Gasteiger partial charge in [0, 0.05) is 16.6 Å². The number of benzene rings is 2. The van der Waals surface area contributed by atoms with Crippen molar-refractivity contribution in [2.45, 2.75) is 17.6 Å². The minimum atomic E-state index is -0.530. The number of aromatic nitrogens is 4. The molecule has 1 aliphatic heterocycles. The van der Waals surface area contributed by atoms with Crippen LogP contribution in [0.25, 0.3) is 16.7 Å². The van der Waals surface area contributed by atoms with E-state index in [1.54, 1.807) is 15.3 Å². The zero-order valence-corrected chi connectivity index (χ0v) is 18.4. The second kappa shape index (κ2) is 7.93. The highest BCUT2D eigenvalue weighted by Gasteiger charge is 2.29. The van der Waals surface area contributed by atoms with E-state index >= 15 is 0 Å². The standard InChI is InChI=1S/C21H15BrFN5O2S/c22-12-6-7-17(16(23)8-12)25-18(29)9-14-11-31-21-26-19-15(20(30)27(14)21)10-24-28(19)13-4-2-1-3-5-13/h1-8,10,14H,9,11H2,(H,25,29). The second-order valence-corrected chi connectivity index (χ2v) is 8.94. The van der Waals surface area contributed by atoms with Gasteiger partial charge in [0.2, 0.25) is 5.91 Å². The van der Waals surface area contributed by atoms with Crippen molar-refractivity contribution in [3.8, 4) is 5.69 Å². The van der Waals surface area contributed by atoms with Crippen LogP contribution in [0.15, 0.2) is 69.2 Å². The van der Waals surface area contributed by atoms with E-state index in [1.807, 2.05) is 30.3 Å². The van der Waals surface area contributed by atoms with Gasteiger partial charge in [-0.2, -0.15) is 5.10 Å². The maximum absolute atomic E-state index is 14.0. The van der Waals surface area contributed by atoms with Crippen LogP contribution >= 0.6 is 27.7 Å². The summed E-state index contributed by atoms with van der Waals surface area (Å²) >= 11 is 4.60. The summed E-state index contributed by atoms with van der Waals surface area (Å²) in [6, 6.07) is 13.5. The van der Waals surface area contributed by atoms with Crippen LogP contribution in [-0.4, -0.2) is 31.0 Å². The third-order valence-electron chi connectivity index (χ3n) is 5.00. The van der Waals surface area contributed by atoms with Gasteiger partial charge in [0.05, 0.1) is 23.6 Å². The number of carbonyl (C=O) groups excluding carboxylic acids is 1. The number of hydrogen-bond acceptors (Lipinski definition) is 5. The number of rotatable bonds is 4. The van der Waals surface area contributed by atoms with Gasteiger partial charge in [-0.05, 0) is 30.3 Å². The molecule has 1 atom stereocenters. The normalized spacial score (nSPS) is 15.2. The summed E-state index contributed by atoms with van der Waals surface area (Å²) in [5.74, 6) is -0.367. The molecule has 2 aromatic heterocycles. The molecule has 7 nitrogen and oxygen atoms in total. The molecular formula is C21H15BrFN5O2S. The van der Waals surface area contributed by atoms with Gasteiger partial charge in [-0.1, -0.05) is 45.9 Å². The molecule has 0 saturated heterocycles. The summed E-state index contributed by atoms with van der Waals surface area (Å²) in [4.78, 5) is 30.3. The van der Waals surface area contributed by atoms with E-state index in [0.29, 0.717) is 26.4 Å². The van der Waals surface area contributed by atoms with Gasteiger partial charge in [-0.3, -0.25) is 14.2 Å². The summed E-state index contributed by atoms with van der Waals surface area (Å²) < 4.78 is 17.8. The molecule has 0 aliphatic carbocycles. The molecule has 2 aromatic carbocycles. The van der Waals surface area contributed by atoms with Gasteiger partial charge in [-0.15, -0.1) is 0 Å². The molecule has 1 aliphatic rings. The van der Waals surface area contributed by atoms with E-state index < -0.39 is 5.82 Å². The highest BCUT2D eigenvalue weighted by Crippen LogP contribution is 2.33. The summed E-state index contributed by atoms with van der Waals surface area (Å²) in [5, 5.41) is 7.85. The van der Waals surface area contributed by atoms with E-state index in [9.17, 15) is 14.0 Å². The van der Waals surface area contributed by atoms with Gasteiger partial charge in [-0.25, -0.2) is 14.1 Å². The lowest BCUT2D eigenvalue weighted by Gasteiger charge is -2.14. The Balaban J connectivity index is 1.44. The molecule has 1 N–H and O–H groups in total. The Morgan fingerprint density at radius 1 is 1.26 bits per heavy atom. The predicted octanol–water partition coefficient (Wildman–Crippen LogP) is 4.16. The smallest absolute Gasteiger partial charge is 0.265 e. The molecule has 3 heterocycles. The Labute approximate surface area is 188 Å². The largest absolute Gasteiger partial charge is 0.324 e. The topological polar surface area (TPSA) is 81.8 Å². The Morgan fingerprint density at radius 3 is 2.84 bits per heavy atom. The summed E-state index contributed by atoms with van der Waals surface area (Å²) in [5.41, 5.74) is 1.16. The van der Waals surface area contributed by atoms with Crippen LogP contribution in [0.2, 0.25) is 0 Å². The minimum Gasteiger partial charge on any atom is -0.324 e. The first-order valence-electron chi connectivity index (χ1n) is 9.44. The predicted molar refractivity (Wildman–Crippen MR) is 120 cm³/mol. The van der Waals surface area contributed by atoms with Crippen molar-refractivity contribution in [1.29, 1.82) is 0 Å². The Hall–Kier alpha value is -2.98. The van der Waals surface area contributed by atoms with Gasteiger partial charge in [0.15, 0.2) is 10.8 Å². The van der Waals surface area contributed by atoms with E-state index in [2.05, 4.69) is 31.3 Å². The molecule has 31 heavy (non-hydrogen) atoms. The molecule has 0 radical (unpaired) electrons. The van der Waals surface area contributed by atoms with E-state index in [0.717, 1.165) is 5.69 Å². The van der Waals surface area contributed by atoms with Crippen LogP contribution in [0, 0.1) is 5.82 Å². The van der Waals surface area contributed by atoms with Crippen molar-refractivity contribution in [2.75, 3.05) is 11.1 Å². The third kappa shape index (κ3) is 3.66. The maximum atomic E-state index is 14.0. The van der Waals surface area contributed by atoms with Crippen LogP contribution < -0.4 is 10.9 Å². The number of thioether (sulfide) groups is 1. The third-order valence-corrected chi connectivity index (χ3v) is 6.59. The van der Waals surface area contributed by atoms with E-state index in [1.165, 1.54) is 30.1 Å². The van der Waals surface area contributed by atoms with E-state index in [4.69, 9.17) is 0 Å². The van der Waals surface area contributed by atoms with Crippen molar-refractivity contribution in [3.63, 3.8) is 0 Å². The SMILES string of the molecule is O=C(CC1CSc2nc3c(cnn3-c3ccccc3)c(=O)n21)Nc1ccc(Br)cc1F. The molecule has 4 aromatic rings. The van der Waals surface area contributed by atoms with Gasteiger partial charge < -0.3 is 5.32 Å². The minimum absolute atomic E-state index is 0.0371. The Morgan fingerprint density at radius 2 is 2.06 bits per heavy atom. The number of halogens is 2. The van der Waals surface area contributed by atoms with Crippen molar-refractivity contribution in [2.24, 2.45) is 0 Å². The van der Waals surface area contributed by atoms with Crippen molar-refractivity contribution >= 4 is 50.3 Å². The fraction of sp³-hybridized carbons (Fsp3) is 0.143. The molecule has 0 bridgehead atoms. The number of nitrogens with zero attached hydrogens (tertiary/aromatic N) is 4. The van der Waals surface area contributed by atoms with Crippen LogP contribution in [0.3, 0.4) is 0 Å². The number of anilines is 1. The van der Waals surface area contributed by atoms with Crippen molar-refractivity contribution < 1.29 is 9.18 Å². The highest BCUT2D eigenvalue weighted by molar-refractivity contribution is 9.10. The maximum Gasteiger partial charge on any atom is 0.265 e. The zero-order chi connectivity index (χ0) is 21.5.